The van der Waals surface area contributed by atoms with E-state index in [0.717, 1.165) is 29.5 Å². The highest BCUT2D eigenvalue weighted by molar-refractivity contribution is 8.00. The zero-order valence-corrected chi connectivity index (χ0v) is 14.2. The van der Waals surface area contributed by atoms with Gasteiger partial charge >= 0.3 is 5.97 Å². The van der Waals surface area contributed by atoms with Gasteiger partial charge in [-0.1, -0.05) is 42.4 Å². The number of esters is 1. The molecular formula is C16H21N3O2S. The fraction of sp³-hybridized carbons (Fsp3) is 0.438. The molecule has 0 aliphatic rings. The van der Waals surface area contributed by atoms with E-state index in [-0.39, 0.29) is 11.2 Å². The Hall–Kier alpha value is -1.82. The summed E-state index contributed by atoms with van der Waals surface area (Å²) in [5, 5.41) is 9.03. The zero-order valence-electron chi connectivity index (χ0n) is 13.4. The molecule has 0 amide bonds. The molecule has 0 saturated heterocycles. The average Bonchev–Trinajstić information content (AvgIpc) is 2.89. The molecule has 5 nitrogen and oxygen atoms in total. The van der Waals surface area contributed by atoms with Crippen LogP contribution in [-0.4, -0.2) is 33.1 Å². The maximum atomic E-state index is 11.6. The van der Waals surface area contributed by atoms with Crippen molar-refractivity contribution < 1.29 is 9.53 Å². The Labute approximate surface area is 135 Å². The largest absolute Gasteiger partial charge is 0.468 e. The first kappa shape index (κ1) is 16.5. The van der Waals surface area contributed by atoms with Crippen LogP contribution in [0, 0.1) is 6.92 Å². The van der Waals surface area contributed by atoms with Gasteiger partial charge in [0.1, 0.15) is 5.25 Å². The number of methoxy groups -OCH3 is 1. The molecule has 1 atom stereocenters. The van der Waals surface area contributed by atoms with E-state index in [2.05, 4.69) is 40.7 Å². The number of thioether (sulfide) groups is 1. The van der Waals surface area contributed by atoms with Gasteiger partial charge in [0, 0.05) is 12.1 Å². The van der Waals surface area contributed by atoms with Gasteiger partial charge in [0.25, 0.3) is 0 Å². The van der Waals surface area contributed by atoms with Crippen LogP contribution in [0.4, 0.5) is 0 Å². The van der Waals surface area contributed by atoms with Gasteiger partial charge in [-0.3, -0.25) is 4.79 Å². The van der Waals surface area contributed by atoms with E-state index in [4.69, 9.17) is 4.74 Å². The zero-order chi connectivity index (χ0) is 16.1. The van der Waals surface area contributed by atoms with Crippen molar-refractivity contribution in [2.75, 3.05) is 7.11 Å². The first-order valence-corrected chi connectivity index (χ1v) is 8.19. The fourth-order valence-corrected chi connectivity index (χ4v) is 3.07. The normalized spacial score (nSPS) is 12.2. The molecule has 0 aliphatic carbocycles. The Morgan fingerprint density at radius 2 is 2.18 bits per heavy atom. The molecule has 1 aromatic heterocycles. The van der Waals surface area contributed by atoms with Crippen LogP contribution in [0.15, 0.2) is 29.4 Å². The number of carbonyl (C=O) groups excluding carboxylic acids is 1. The van der Waals surface area contributed by atoms with Gasteiger partial charge in [-0.25, -0.2) is 0 Å². The van der Waals surface area contributed by atoms with Crippen LogP contribution in [0.2, 0.25) is 0 Å². The molecule has 1 heterocycles. The highest BCUT2D eigenvalue weighted by atomic mass is 32.2. The third-order valence-electron chi connectivity index (χ3n) is 3.26. The molecule has 1 aromatic carbocycles. The summed E-state index contributed by atoms with van der Waals surface area (Å²) in [6.45, 7) is 6.79. The highest BCUT2D eigenvalue weighted by Gasteiger charge is 2.20. The topological polar surface area (TPSA) is 57.0 Å². The standard InChI is InChI=1S/C16H21N3O2S/c1-5-9-19-14(13-8-6-7-11(2)10-13)17-18-16(19)22-12(3)15(20)21-4/h6-8,10,12H,5,9H2,1-4H3. The van der Waals surface area contributed by atoms with Gasteiger partial charge in [-0.2, -0.15) is 0 Å². The van der Waals surface area contributed by atoms with Gasteiger partial charge in [-0.05, 0) is 26.3 Å². The molecule has 6 heteroatoms. The number of carbonyl (C=O) groups is 1. The maximum absolute atomic E-state index is 11.6. The van der Waals surface area contributed by atoms with E-state index in [1.807, 2.05) is 19.1 Å². The van der Waals surface area contributed by atoms with Crippen LogP contribution in [0.3, 0.4) is 0 Å². The summed E-state index contributed by atoms with van der Waals surface area (Å²) in [7, 11) is 1.40. The smallest absolute Gasteiger partial charge is 0.318 e. The summed E-state index contributed by atoms with van der Waals surface area (Å²) in [6.07, 6.45) is 0.969. The number of benzene rings is 1. The Morgan fingerprint density at radius 3 is 2.82 bits per heavy atom. The van der Waals surface area contributed by atoms with Crippen LogP contribution in [-0.2, 0) is 16.1 Å². The van der Waals surface area contributed by atoms with Gasteiger partial charge in [0.05, 0.1) is 7.11 Å². The van der Waals surface area contributed by atoms with Crippen molar-refractivity contribution in [1.29, 1.82) is 0 Å². The predicted octanol–water partition coefficient (Wildman–Crippen LogP) is 3.32. The lowest BCUT2D eigenvalue weighted by Gasteiger charge is -2.11. The lowest BCUT2D eigenvalue weighted by atomic mass is 10.1. The van der Waals surface area contributed by atoms with Crippen LogP contribution in [0.1, 0.15) is 25.8 Å². The summed E-state index contributed by atoms with van der Waals surface area (Å²) < 4.78 is 6.84. The average molecular weight is 319 g/mol. The summed E-state index contributed by atoms with van der Waals surface area (Å²) in [5.74, 6) is 0.582. The first-order valence-electron chi connectivity index (χ1n) is 7.31. The third-order valence-corrected chi connectivity index (χ3v) is 4.31. The molecule has 1 unspecified atom stereocenters. The molecule has 2 aromatic rings. The molecule has 0 aliphatic heterocycles. The highest BCUT2D eigenvalue weighted by Crippen LogP contribution is 2.27. The Balaban J connectivity index is 2.35. The number of aromatic nitrogens is 3. The summed E-state index contributed by atoms with van der Waals surface area (Å²) >= 11 is 1.38. The van der Waals surface area contributed by atoms with E-state index in [9.17, 15) is 4.79 Å². The molecule has 0 fully saturated rings. The molecule has 0 radical (unpaired) electrons. The van der Waals surface area contributed by atoms with Crippen LogP contribution in [0.25, 0.3) is 11.4 Å². The predicted molar refractivity (Wildman–Crippen MR) is 87.8 cm³/mol. The minimum absolute atomic E-state index is 0.256. The molecule has 0 spiro atoms. The summed E-state index contributed by atoms with van der Waals surface area (Å²) in [6, 6.07) is 8.19. The van der Waals surface area contributed by atoms with E-state index in [1.54, 1.807) is 0 Å². The number of aryl methyl sites for hydroxylation is 1. The Kier molecular flexibility index (Phi) is 5.60. The van der Waals surface area contributed by atoms with E-state index in [0.29, 0.717) is 0 Å². The minimum atomic E-state index is -0.310. The second kappa shape index (κ2) is 7.45. The lowest BCUT2D eigenvalue weighted by Crippen LogP contribution is -2.16. The number of ether oxygens (including phenoxy) is 1. The Bertz CT molecular complexity index is 655. The number of nitrogens with zero attached hydrogens (tertiary/aromatic N) is 3. The monoisotopic (exact) mass is 319 g/mol. The van der Waals surface area contributed by atoms with Crippen LogP contribution < -0.4 is 0 Å². The molecular weight excluding hydrogens is 298 g/mol. The molecule has 0 saturated carbocycles. The number of hydrogen-bond acceptors (Lipinski definition) is 5. The third kappa shape index (κ3) is 3.68. The fourth-order valence-electron chi connectivity index (χ4n) is 2.17. The van der Waals surface area contributed by atoms with E-state index in [1.165, 1.54) is 24.4 Å². The second-order valence-corrected chi connectivity index (χ2v) is 6.42. The van der Waals surface area contributed by atoms with Crippen molar-refractivity contribution >= 4 is 17.7 Å². The van der Waals surface area contributed by atoms with Crippen molar-refractivity contribution in [1.82, 2.24) is 14.8 Å². The summed E-state index contributed by atoms with van der Waals surface area (Å²) in [5.41, 5.74) is 2.22. The lowest BCUT2D eigenvalue weighted by molar-refractivity contribution is -0.139. The maximum Gasteiger partial charge on any atom is 0.318 e. The molecule has 2 rings (SSSR count). The Morgan fingerprint density at radius 1 is 1.41 bits per heavy atom. The van der Waals surface area contributed by atoms with Crippen LogP contribution >= 0.6 is 11.8 Å². The van der Waals surface area contributed by atoms with Crippen molar-refractivity contribution in [3.05, 3.63) is 29.8 Å². The number of rotatable bonds is 6. The van der Waals surface area contributed by atoms with Gasteiger partial charge in [0.2, 0.25) is 0 Å². The van der Waals surface area contributed by atoms with Crippen molar-refractivity contribution in [2.24, 2.45) is 0 Å². The SMILES string of the molecule is CCCn1c(SC(C)C(=O)OC)nnc1-c1cccc(C)c1. The van der Waals surface area contributed by atoms with E-state index < -0.39 is 0 Å². The van der Waals surface area contributed by atoms with Crippen LogP contribution in [0.5, 0.6) is 0 Å². The van der Waals surface area contributed by atoms with Crippen molar-refractivity contribution in [2.45, 2.75) is 44.1 Å². The second-order valence-electron chi connectivity index (χ2n) is 5.11. The van der Waals surface area contributed by atoms with Gasteiger partial charge in [0.15, 0.2) is 11.0 Å². The number of hydrogen-bond donors (Lipinski definition) is 0. The molecule has 22 heavy (non-hydrogen) atoms. The van der Waals surface area contributed by atoms with Gasteiger partial charge < -0.3 is 9.30 Å². The quantitative estimate of drug-likeness (QED) is 0.604. The van der Waals surface area contributed by atoms with Gasteiger partial charge in [-0.15, -0.1) is 10.2 Å². The minimum Gasteiger partial charge on any atom is -0.468 e. The van der Waals surface area contributed by atoms with Crippen molar-refractivity contribution in [3.63, 3.8) is 0 Å². The molecule has 0 bridgehead atoms. The summed E-state index contributed by atoms with van der Waals surface area (Å²) in [4.78, 5) is 11.6. The van der Waals surface area contributed by atoms with E-state index >= 15 is 0 Å². The first-order chi connectivity index (χ1) is 10.6. The molecule has 0 N–H and O–H groups in total. The molecule has 118 valence electrons. The van der Waals surface area contributed by atoms with Crippen molar-refractivity contribution in [3.8, 4) is 11.4 Å².